The van der Waals surface area contributed by atoms with Gasteiger partial charge in [-0.1, -0.05) is 30.0 Å². The van der Waals surface area contributed by atoms with E-state index in [9.17, 15) is 4.79 Å². The lowest BCUT2D eigenvalue weighted by molar-refractivity contribution is 0.0949. The first-order valence-corrected chi connectivity index (χ1v) is 10.3. The number of aromatic nitrogens is 5. The predicted octanol–water partition coefficient (Wildman–Crippen LogP) is 3.41. The number of amides is 1. The molecule has 0 unspecified atom stereocenters. The summed E-state index contributed by atoms with van der Waals surface area (Å²) < 4.78 is 3.73. The molecule has 1 amide bonds. The minimum atomic E-state index is -0.165. The molecule has 0 saturated heterocycles. The fourth-order valence-corrected chi connectivity index (χ4v) is 3.56. The quantitative estimate of drug-likeness (QED) is 0.498. The average Bonchev–Trinajstić information content (AvgIpc) is 3.42. The number of benzene rings is 2. The van der Waals surface area contributed by atoms with Gasteiger partial charge in [-0.25, -0.2) is 4.68 Å². The highest BCUT2D eigenvalue weighted by molar-refractivity contribution is 7.98. The van der Waals surface area contributed by atoms with Crippen molar-refractivity contribution in [2.45, 2.75) is 18.6 Å². The molecule has 2 heterocycles. The Hall–Kier alpha value is -3.39. The van der Waals surface area contributed by atoms with Crippen molar-refractivity contribution < 1.29 is 4.79 Å². The second-order valence-electron chi connectivity index (χ2n) is 6.41. The zero-order valence-corrected chi connectivity index (χ0v) is 16.9. The van der Waals surface area contributed by atoms with Gasteiger partial charge in [0, 0.05) is 18.0 Å². The van der Waals surface area contributed by atoms with Gasteiger partial charge in [0.1, 0.15) is 0 Å². The summed E-state index contributed by atoms with van der Waals surface area (Å²) in [5, 5.41) is 16.5. The third-order valence-corrected chi connectivity index (χ3v) is 5.17. The molecule has 7 nitrogen and oxygen atoms in total. The highest BCUT2D eigenvalue weighted by atomic mass is 32.2. The molecule has 2 aromatic heterocycles. The number of hydrogen-bond acceptors (Lipinski definition) is 5. The maximum absolute atomic E-state index is 12.6. The van der Waals surface area contributed by atoms with Gasteiger partial charge in [-0.3, -0.25) is 9.36 Å². The summed E-state index contributed by atoms with van der Waals surface area (Å²) >= 11 is 1.52. The van der Waals surface area contributed by atoms with Gasteiger partial charge < -0.3 is 5.32 Å². The lowest BCUT2D eigenvalue weighted by atomic mass is 10.2. The van der Waals surface area contributed by atoms with E-state index in [0.29, 0.717) is 11.4 Å². The zero-order valence-electron chi connectivity index (χ0n) is 16.1. The van der Waals surface area contributed by atoms with Gasteiger partial charge in [0.2, 0.25) is 0 Å². The Morgan fingerprint density at radius 2 is 1.86 bits per heavy atom. The molecule has 0 aliphatic carbocycles. The third-order valence-electron chi connectivity index (χ3n) is 4.54. The molecular weight excluding hydrogens is 384 g/mol. The highest BCUT2D eigenvalue weighted by Crippen LogP contribution is 2.22. The number of para-hydroxylation sites is 1. The number of hydrogen-bond donors (Lipinski definition) is 1. The van der Waals surface area contributed by atoms with Crippen LogP contribution < -0.4 is 5.32 Å². The minimum Gasteiger partial charge on any atom is -0.345 e. The molecule has 4 aromatic rings. The van der Waals surface area contributed by atoms with Crippen molar-refractivity contribution >= 4 is 17.7 Å². The van der Waals surface area contributed by atoms with Crippen LogP contribution in [0, 0.1) is 6.92 Å². The van der Waals surface area contributed by atoms with E-state index in [0.717, 1.165) is 22.1 Å². The number of carbonyl (C=O) groups is 1. The summed E-state index contributed by atoms with van der Waals surface area (Å²) in [6.45, 7) is 2.32. The molecule has 4 rings (SSSR count). The van der Waals surface area contributed by atoms with Crippen LogP contribution in [0.1, 0.15) is 21.7 Å². The first-order valence-electron chi connectivity index (χ1n) is 9.10. The van der Waals surface area contributed by atoms with Crippen LogP contribution in [-0.2, 0) is 6.54 Å². The number of nitrogens with zero attached hydrogens (tertiary/aromatic N) is 5. The SMILES string of the molecule is CSc1nnc(CNC(=O)c2ccc(-n3cccn3)cc2)n1-c1ccccc1C. The Labute approximate surface area is 172 Å². The van der Waals surface area contributed by atoms with Crippen LogP contribution in [0.2, 0.25) is 0 Å². The third kappa shape index (κ3) is 3.93. The molecule has 0 atom stereocenters. The summed E-state index contributed by atoms with van der Waals surface area (Å²) in [6.07, 6.45) is 5.53. The number of aryl methyl sites for hydroxylation is 1. The van der Waals surface area contributed by atoms with Gasteiger partial charge in [-0.15, -0.1) is 10.2 Å². The molecule has 0 saturated carbocycles. The number of rotatable bonds is 6. The number of nitrogens with one attached hydrogen (secondary N) is 1. The van der Waals surface area contributed by atoms with E-state index in [1.54, 1.807) is 23.0 Å². The van der Waals surface area contributed by atoms with Crippen molar-refractivity contribution in [1.29, 1.82) is 0 Å². The Bertz CT molecular complexity index is 1120. The summed E-state index contributed by atoms with van der Waals surface area (Å²) in [7, 11) is 0. The molecule has 0 aliphatic rings. The Balaban J connectivity index is 1.51. The molecule has 0 radical (unpaired) electrons. The Kier molecular flexibility index (Phi) is 5.44. The predicted molar refractivity (Wildman–Crippen MR) is 113 cm³/mol. The second kappa shape index (κ2) is 8.32. The highest BCUT2D eigenvalue weighted by Gasteiger charge is 2.16. The Morgan fingerprint density at radius 3 is 2.55 bits per heavy atom. The van der Waals surface area contributed by atoms with E-state index in [-0.39, 0.29) is 12.5 Å². The van der Waals surface area contributed by atoms with Crippen LogP contribution >= 0.6 is 11.8 Å². The maximum Gasteiger partial charge on any atom is 0.251 e. The summed E-state index contributed by atoms with van der Waals surface area (Å²) in [5.74, 6) is 0.521. The standard InChI is InChI=1S/C21H20N6OS/c1-15-6-3-4-7-18(15)27-19(24-25-21(27)29-2)14-22-20(28)16-8-10-17(11-9-16)26-13-5-12-23-26/h3-13H,14H2,1-2H3,(H,22,28). The van der Waals surface area contributed by atoms with Gasteiger partial charge in [0.05, 0.1) is 17.9 Å². The molecule has 0 aliphatic heterocycles. The second-order valence-corrected chi connectivity index (χ2v) is 7.18. The first-order chi connectivity index (χ1) is 14.2. The van der Waals surface area contributed by atoms with E-state index < -0.39 is 0 Å². The van der Waals surface area contributed by atoms with Crippen LogP contribution in [0.25, 0.3) is 11.4 Å². The van der Waals surface area contributed by atoms with E-state index in [1.807, 2.05) is 66.4 Å². The van der Waals surface area contributed by atoms with Crippen LogP contribution in [0.4, 0.5) is 0 Å². The van der Waals surface area contributed by atoms with E-state index in [2.05, 4.69) is 20.6 Å². The molecular formula is C21H20N6OS. The van der Waals surface area contributed by atoms with Gasteiger partial charge in [-0.2, -0.15) is 5.10 Å². The van der Waals surface area contributed by atoms with Crippen molar-refractivity contribution in [2.24, 2.45) is 0 Å². The molecule has 0 bridgehead atoms. The molecule has 0 spiro atoms. The monoisotopic (exact) mass is 404 g/mol. The van der Waals surface area contributed by atoms with Gasteiger partial charge in [0.25, 0.3) is 5.91 Å². The summed E-state index contributed by atoms with van der Waals surface area (Å²) in [6, 6.07) is 17.2. The van der Waals surface area contributed by atoms with Crippen molar-refractivity contribution in [3.8, 4) is 11.4 Å². The van der Waals surface area contributed by atoms with Crippen LogP contribution in [-0.4, -0.2) is 36.7 Å². The minimum absolute atomic E-state index is 0.165. The van der Waals surface area contributed by atoms with Gasteiger partial charge in [0.15, 0.2) is 11.0 Å². The summed E-state index contributed by atoms with van der Waals surface area (Å²) in [4.78, 5) is 12.6. The normalized spacial score (nSPS) is 10.8. The molecule has 1 N–H and O–H groups in total. The molecule has 2 aromatic carbocycles. The van der Waals surface area contributed by atoms with Gasteiger partial charge in [-0.05, 0) is 55.1 Å². The largest absolute Gasteiger partial charge is 0.345 e. The molecule has 8 heteroatoms. The molecule has 29 heavy (non-hydrogen) atoms. The lowest BCUT2D eigenvalue weighted by Crippen LogP contribution is -2.24. The number of thioether (sulfide) groups is 1. The van der Waals surface area contributed by atoms with Crippen molar-refractivity contribution in [3.05, 3.63) is 83.9 Å². The lowest BCUT2D eigenvalue weighted by Gasteiger charge is -2.12. The molecule has 146 valence electrons. The van der Waals surface area contributed by atoms with E-state index in [4.69, 9.17) is 0 Å². The first kappa shape index (κ1) is 18.9. The van der Waals surface area contributed by atoms with Crippen LogP contribution in [0.15, 0.2) is 72.1 Å². The van der Waals surface area contributed by atoms with Crippen LogP contribution in [0.3, 0.4) is 0 Å². The van der Waals surface area contributed by atoms with Crippen molar-refractivity contribution in [3.63, 3.8) is 0 Å². The maximum atomic E-state index is 12.6. The van der Waals surface area contributed by atoms with E-state index >= 15 is 0 Å². The summed E-state index contributed by atoms with van der Waals surface area (Å²) in [5.41, 5.74) is 3.60. The van der Waals surface area contributed by atoms with Crippen molar-refractivity contribution in [2.75, 3.05) is 6.26 Å². The fraction of sp³-hybridized carbons (Fsp3) is 0.143. The number of carbonyl (C=O) groups excluding carboxylic acids is 1. The molecule has 0 fully saturated rings. The fourth-order valence-electron chi connectivity index (χ4n) is 3.05. The van der Waals surface area contributed by atoms with E-state index in [1.165, 1.54) is 11.8 Å². The van der Waals surface area contributed by atoms with Gasteiger partial charge >= 0.3 is 0 Å². The van der Waals surface area contributed by atoms with Crippen molar-refractivity contribution in [1.82, 2.24) is 29.9 Å². The zero-order chi connectivity index (χ0) is 20.2. The Morgan fingerprint density at radius 1 is 1.07 bits per heavy atom. The smallest absolute Gasteiger partial charge is 0.251 e. The topological polar surface area (TPSA) is 77.6 Å². The van der Waals surface area contributed by atoms with Crippen LogP contribution in [0.5, 0.6) is 0 Å². The average molecular weight is 404 g/mol.